The zero-order chi connectivity index (χ0) is 20.6. The molecule has 0 amide bonds. The summed E-state index contributed by atoms with van der Waals surface area (Å²) in [5.74, 6) is 0. The van der Waals surface area contributed by atoms with Gasteiger partial charge in [-0.1, -0.05) is 30.3 Å². The van der Waals surface area contributed by atoms with E-state index >= 15 is 0 Å². The van der Waals surface area contributed by atoms with E-state index in [1.807, 2.05) is 37.3 Å². The Kier molecular flexibility index (Phi) is 4.97. The van der Waals surface area contributed by atoms with E-state index in [0.717, 1.165) is 16.5 Å². The van der Waals surface area contributed by atoms with E-state index in [1.54, 1.807) is 28.6 Å². The van der Waals surface area contributed by atoms with Crippen molar-refractivity contribution >= 4 is 32.2 Å². The van der Waals surface area contributed by atoms with Gasteiger partial charge in [0.05, 0.1) is 9.82 Å². The van der Waals surface area contributed by atoms with Gasteiger partial charge in [-0.2, -0.15) is 4.31 Å². The van der Waals surface area contributed by atoms with Gasteiger partial charge >= 0.3 is 0 Å². The second kappa shape index (κ2) is 7.46. The predicted octanol–water partition coefficient (Wildman–Crippen LogP) is 3.65. The number of hydrogen-bond acceptors (Lipinski definition) is 5. The van der Waals surface area contributed by atoms with E-state index in [4.69, 9.17) is 0 Å². The van der Waals surface area contributed by atoms with Crippen molar-refractivity contribution in [2.45, 2.75) is 17.9 Å². The molecule has 7 nitrogen and oxygen atoms in total. The first-order valence-corrected chi connectivity index (χ1v) is 10.8. The number of fused-ring (bicyclic) bond motifs is 1. The van der Waals surface area contributed by atoms with Crippen molar-refractivity contribution in [3.63, 3.8) is 0 Å². The summed E-state index contributed by atoms with van der Waals surface area (Å²) in [6, 6.07) is 19.0. The third-order valence-electron chi connectivity index (χ3n) is 5.32. The van der Waals surface area contributed by atoms with Gasteiger partial charge in [-0.25, -0.2) is 8.42 Å². The van der Waals surface area contributed by atoms with Crippen molar-refractivity contribution in [3.05, 3.63) is 76.8 Å². The van der Waals surface area contributed by atoms with Gasteiger partial charge in [-0.15, -0.1) is 0 Å². The number of nitrogens with zero attached hydrogens (tertiary/aromatic N) is 3. The Balaban J connectivity index is 1.54. The first-order chi connectivity index (χ1) is 13.9. The summed E-state index contributed by atoms with van der Waals surface area (Å²) >= 11 is 0. The zero-order valence-electron chi connectivity index (χ0n) is 15.9. The van der Waals surface area contributed by atoms with Crippen molar-refractivity contribution in [2.75, 3.05) is 24.5 Å². The van der Waals surface area contributed by atoms with Crippen LogP contribution in [0.4, 0.5) is 11.4 Å². The second-order valence-electron chi connectivity index (χ2n) is 7.19. The fourth-order valence-electron chi connectivity index (χ4n) is 3.78. The monoisotopic (exact) mass is 411 g/mol. The van der Waals surface area contributed by atoms with Crippen LogP contribution in [0.2, 0.25) is 0 Å². The molecule has 1 aliphatic heterocycles. The van der Waals surface area contributed by atoms with Gasteiger partial charge in [0.1, 0.15) is 0 Å². The highest BCUT2D eigenvalue weighted by atomic mass is 32.2. The fraction of sp³-hybridized carbons (Fsp3) is 0.238. The Morgan fingerprint density at radius 3 is 2.31 bits per heavy atom. The number of nitro groups is 1. The summed E-state index contributed by atoms with van der Waals surface area (Å²) in [5.41, 5.74) is 0.893. The average molecular weight is 411 g/mol. The molecule has 0 spiro atoms. The summed E-state index contributed by atoms with van der Waals surface area (Å²) in [5, 5.41) is 12.7. The number of benzene rings is 3. The first kappa shape index (κ1) is 19.4. The van der Waals surface area contributed by atoms with Crippen LogP contribution in [-0.2, 0) is 10.0 Å². The van der Waals surface area contributed by atoms with Gasteiger partial charge in [0.25, 0.3) is 5.69 Å². The zero-order valence-corrected chi connectivity index (χ0v) is 16.7. The molecule has 29 heavy (non-hydrogen) atoms. The minimum absolute atomic E-state index is 0.0410. The Morgan fingerprint density at radius 1 is 0.966 bits per heavy atom. The van der Waals surface area contributed by atoms with E-state index in [9.17, 15) is 18.5 Å². The lowest BCUT2D eigenvalue weighted by Gasteiger charge is -2.40. The Morgan fingerprint density at radius 2 is 1.66 bits per heavy atom. The summed E-state index contributed by atoms with van der Waals surface area (Å²) < 4.78 is 28.0. The second-order valence-corrected chi connectivity index (χ2v) is 9.08. The van der Waals surface area contributed by atoms with Gasteiger partial charge in [0.2, 0.25) is 10.0 Å². The highest BCUT2D eigenvalue weighted by Crippen LogP contribution is 2.27. The van der Waals surface area contributed by atoms with Crippen LogP contribution in [0.5, 0.6) is 0 Å². The van der Waals surface area contributed by atoms with E-state index in [0.29, 0.717) is 24.5 Å². The molecule has 0 N–H and O–H groups in total. The lowest BCUT2D eigenvalue weighted by Crippen LogP contribution is -2.54. The Bertz CT molecular complexity index is 1160. The number of rotatable bonds is 4. The summed E-state index contributed by atoms with van der Waals surface area (Å²) in [6.07, 6.45) is 0. The maximum atomic E-state index is 13.2. The van der Waals surface area contributed by atoms with Crippen molar-refractivity contribution < 1.29 is 13.3 Å². The van der Waals surface area contributed by atoms with E-state index < -0.39 is 14.9 Å². The number of nitro benzene ring substituents is 1. The topological polar surface area (TPSA) is 83.8 Å². The molecule has 0 radical (unpaired) electrons. The first-order valence-electron chi connectivity index (χ1n) is 9.36. The molecule has 1 heterocycles. The molecule has 8 heteroatoms. The number of hydrogen-bond donors (Lipinski definition) is 0. The molecule has 1 atom stereocenters. The Labute approximate surface area is 169 Å². The SMILES string of the molecule is C[C@@H]1CN(c2ccc([N+](=O)[O-])cc2)CCN1S(=O)(=O)c1ccc2ccccc2c1. The number of anilines is 1. The van der Waals surface area contributed by atoms with Gasteiger partial charge in [0, 0.05) is 43.5 Å². The number of non-ortho nitro benzene ring substituents is 1. The maximum absolute atomic E-state index is 13.2. The third-order valence-corrected chi connectivity index (χ3v) is 7.33. The quantitative estimate of drug-likeness (QED) is 0.483. The molecular weight excluding hydrogens is 390 g/mol. The highest BCUT2D eigenvalue weighted by molar-refractivity contribution is 7.89. The van der Waals surface area contributed by atoms with Crippen molar-refractivity contribution in [1.82, 2.24) is 4.31 Å². The average Bonchev–Trinajstić information content (AvgIpc) is 2.73. The minimum atomic E-state index is -3.61. The van der Waals surface area contributed by atoms with Crippen LogP contribution in [0, 0.1) is 10.1 Å². The molecule has 3 aromatic rings. The van der Waals surface area contributed by atoms with Gasteiger partial charge in [-0.05, 0) is 42.0 Å². The molecule has 0 unspecified atom stereocenters. The van der Waals surface area contributed by atoms with Gasteiger partial charge < -0.3 is 4.90 Å². The molecule has 0 aromatic heterocycles. The normalized spacial score (nSPS) is 18.1. The molecule has 1 fully saturated rings. The molecule has 4 rings (SSSR count). The molecule has 1 saturated heterocycles. The van der Waals surface area contributed by atoms with E-state index in [1.165, 1.54) is 12.1 Å². The minimum Gasteiger partial charge on any atom is -0.369 e. The summed E-state index contributed by atoms with van der Waals surface area (Å²) in [6.45, 7) is 3.28. The fourth-order valence-corrected chi connectivity index (χ4v) is 5.43. The summed E-state index contributed by atoms with van der Waals surface area (Å²) in [7, 11) is -3.61. The molecule has 1 aliphatic rings. The van der Waals surface area contributed by atoms with Crippen molar-refractivity contribution in [3.8, 4) is 0 Å². The van der Waals surface area contributed by atoms with Crippen LogP contribution in [0.15, 0.2) is 71.6 Å². The van der Waals surface area contributed by atoms with Crippen LogP contribution in [0.3, 0.4) is 0 Å². The predicted molar refractivity (Wildman–Crippen MR) is 113 cm³/mol. The molecular formula is C21H21N3O4S. The van der Waals surface area contributed by atoms with Crippen molar-refractivity contribution in [1.29, 1.82) is 0 Å². The standard InChI is InChI=1S/C21H21N3O4S/c1-16-15-22(19-7-9-20(10-8-19)24(25)26)12-13-23(16)29(27,28)21-11-6-17-4-2-3-5-18(17)14-21/h2-11,14,16H,12-13,15H2,1H3/t16-/m1/s1. The lowest BCUT2D eigenvalue weighted by atomic mass is 10.1. The van der Waals surface area contributed by atoms with Crippen LogP contribution in [0.1, 0.15) is 6.92 Å². The lowest BCUT2D eigenvalue weighted by molar-refractivity contribution is -0.384. The summed E-state index contributed by atoms with van der Waals surface area (Å²) in [4.78, 5) is 12.8. The van der Waals surface area contributed by atoms with E-state index in [2.05, 4.69) is 4.90 Å². The van der Waals surface area contributed by atoms with Crippen LogP contribution >= 0.6 is 0 Å². The molecule has 0 aliphatic carbocycles. The number of sulfonamides is 1. The third kappa shape index (κ3) is 3.68. The van der Waals surface area contributed by atoms with E-state index in [-0.39, 0.29) is 11.7 Å². The largest absolute Gasteiger partial charge is 0.369 e. The molecule has 150 valence electrons. The molecule has 0 bridgehead atoms. The number of piperazine rings is 1. The highest BCUT2D eigenvalue weighted by Gasteiger charge is 2.34. The van der Waals surface area contributed by atoms with Crippen LogP contribution in [0.25, 0.3) is 10.8 Å². The molecule has 3 aromatic carbocycles. The molecule has 0 saturated carbocycles. The van der Waals surface area contributed by atoms with Gasteiger partial charge in [-0.3, -0.25) is 10.1 Å². The van der Waals surface area contributed by atoms with Crippen LogP contribution < -0.4 is 4.90 Å². The smallest absolute Gasteiger partial charge is 0.269 e. The Hall–Kier alpha value is -2.97. The van der Waals surface area contributed by atoms with Gasteiger partial charge in [0.15, 0.2) is 0 Å². The van der Waals surface area contributed by atoms with Crippen LogP contribution in [-0.4, -0.2) is 43.3 Å². The maximum Gasteiger partial charge on any atom is 0.269 e. The van der Waals surface area contributed by atoms with Crippen molar-refractivity contribution in [2.24, 2.45) is 0 Å².